The molecule has 0 spiro atoms. The minimum Gasteiger partial charge on any atom is -0.419 e. The molecule has 0 aliphatic rings. The van der Waals surface area contributed by atoms with Gasteiger partial charge in [0.05, 0.1) is 15.8 Å². The number of aromatic nitrogens is 2. The summed E-state index contributed by atoms with van der Waals surface area (Å²) in [6, 6.07) is 3.67. The fourth-order valence-corrected chi connectivity index (χ4v) is 1.97. The van der Waals surface area contributed by atoms with Crippen molar-refractivity contribution in [1.29, 1.82) is 0 Å². The van der Waals surface area contributed by atoms with Gasteiger partial charge in [0.2, 0.25) is 5.89 Å². The largest absolute Gasteiger partial charge is 0.419 e. The van der Waals surface area contributed by atoms with Gasteiger partial charge in [0.15, 0.2) is 0 Å². The van der Waals surface area contributed by atoms with Crippen molar-refractivity contribution in [2.45, 2.75) is 6.54 Å². The summed E-state index contributed by atoms with van der Waals surface area (Å²) >= 11 is 7.22. The van der Waals surface area contributed by atoms with Crippen molar-refractivity contribution in [2.75, 3.05) is 7.05 Å². The Morgan fingerprint density at radius 2 is 2.36 bits per heavy atom. The second-order valence-corrected chi connectivity index (χ2v) is 4.35. The first-order chi connectivity index (χ1) is 6.79. The Kier molecular flexibility index (Phi) is 2.81. The SMILES string of the molecule is CNCc1nnc(-c2ccc(Cl)s2)o1. The van der Waals surface area contributed by atoms with E-state index in [0.29, 0.717) is 22.7 Å². The lowest BCUT2D eigenvalue weighted by molar-refractivity contribution is 0.491. The van der Waals surface area contributed by atoms with E-state index in [0.717, 1.165) is 4.88 Å². The van der Waals surface area contributed by atoms with Gasteiger partial charge in [-0.1, -0.05) is 11.6 Å². The summed E-state index contributed by atoms with van der Waals surface area (Å²) in [6.07, 6.45) is 0. The number of nitrogens with one attached hydrogen (secondary N) is 1. The van der Waals surface area contributed by atoms with Gasteiger partial charge in [-0.25, -0.2) is 0 Å². The summed E-state index contributed by atoms with van der Waals surface area (Å²) < 4.78 is 6.11. The Hall–Kier alpha value is -0.910. The summed E-state index contributed by atoms with van der Waals surface area (Å²) in [5, 5.41) is 10.7. The van der Waals surface area contributed by atoms with Crippen LogP contribution in [-0.2, 0) is 6.54 Å². The van der Waals surface area contributed by atoms with Crippen LogP contribution >= 0.6 is 22.9 Å². The van der Waals surface area contributed by atoms with Gasteiger partial charge in [-0.15, -0.1) is 21.5 Å². The van der Waals surface area contributed by atoms with Gasteiger partial charge in [0, 0.05) is 0 Å². The summed E-state index contributed by atoms with van der Waals surface area (Å²) in [4.78, 5) is 0.893. The molecule has 0 aliphatic heterocycles. The molecule has 2 rings (SSSR count). The molecule has 0 unspecified atom stereocenters. The molecule has 1 N–H and O–H groups in total. The van der Waals surface area contributed by atoms with Crippen LogP contribution in [0.25, 0.3) is 10.8 Å². The number of halogens is 1. The third kappa shape index (κ3) is 1.95. The van der Waals surface area contributed by atoms with Crippen molar-refractivity contribution in [3.8, 4) is 10.8 Å². The van der Waals surface area contributed by atoms with Gasteiger partial charge in [0.25, 0.3) is 5.89 Å². The Labute approximate surface area is 89.9 Å². The molecule has 0 saturated heterocycles. The van der Waals surface area contributed by atoms with Gasteiger partial charge in [0.1, 0.15) is 0 Å². The zero-order chi connectivity index (χ0) is 9.97. The van der Waals surface area contributed by atoms with Crippen molar-refractivity contribution < 1.29 is 4.42 Å². The monoisotopic (exact) mass is 229 g/mol. The van der Waals surface area contributed by atoms with Gasteiger partial charge in [-0.2, -0.15) is 0 Å². The van der Waals surface area contributed by atoms with E-state index in [1.165, 1.54) is 11.3 Å². The van der Waals surface area contributed by atoms with E-state index in [-0.39, 0.29) is 0 Å². The Morgan fingerprint density at radius 3 is 3.00 bits per heavy atom. The molecule has 4 nitrogen and oxygen atoms in total. The molecule has 0 fully saturated rings. The number of rotatable bonds is 3. The lowest BCUT2D eigenvalue weighted by Crippen LogP contribution is -2.04. The van der Waals surface area contributed by atoms with E-state index in [1.54, 1.807) is 0 Å². The Balaban J connectivity index is 2.24. The van der Waals surface area contributed by atoms with E-state index in [2.05, 4.69) is 15.5 Å². The van der Waals surface area contributed by atoms with Crippen molar-refractivity contribution in [3.05, 3.63) is 22.4 Å². The fraction of sp³-hybridized carbons (Fsp3) is 0.250. The molecule has 2 heterocycles. The highest BCUT2D eigenvalue weighted by Gasteiger charge is 2.09. The quantitative estimate of drug-likeness (QED) is 0.877. The second-order valence-electron chi connectivity index (χ2n) is 2.64. The smallest absolute Gasteiger partial charge is 0.257 e. The van der Waals surface area contributed by atoms with Crippen LogP contribution in [0, 0.1) is 0 Å². The van der Waals surface area contributed by atoms with Gasteiger partial charge < -0.3 is 9.73 Å². The maximum atomic E-state index is 5.79. The number of nitrogens with zero attached hydrogens (tertiary/aromatic N) is 2. The zero-order valence-electron chi connectivity index (χ0n) is 7.45. The molecule has 14 heavy (non-hydrogen) atoms. The lowest BCUT2D eigenvalue weighted by atomic mass is 10.5. The van der Waals surface area contributed by atoms with E-state index in [1.807, 2.05) is 19.2 Å². The highest BCUT2D eigenvalue weighted by atomic mass is 35.5. The molecular weight excluding hydrogens is 222 g/mol. The molecule has 2 aromatic heterocycles. The molecule has 0 bridgehead atoms. The fourth-order valence-electron chi connectivity index (χ4n) is 1.01. The van der Waals surface area contributed by atoms with Crippen molar-refractivity contribution in [3.63, 3.8) is 0 Å². The van der Waals surface area contributed by atoms with Crippen molar-refractivity contribution >= 4 is 22.9 Å². The van der Waals surface area contributed by atoms with E-state index in [4.69, 9.17) is 16.0 Å². The van der Waals surface area contributed by atoms with Crippen LogP contribution in [0.3, 0.4) is 0 Å². The normalized spacial score (nSPS) is 10.7. The average molecular weight is 230 g/mol. The third-order valence-corrected chi connectivity index (χ3v) is 2.80. The van der Waals surface area contributed by atoms with E-state index in [9.17, 15) is 0 Å². The topological polar surface area (TPSA) is 51.0 Å². The van der Waals surface area contributed by atoms with Crippen molar-refractivity contribution in [1.82, 2.24) is 15.5 Å². The molecule has 74 valence electrons. The minimum absolute atomic E-state index is 0.521. The molecule has 0 amide bonds. The number of hydrogen-bond donors (Lipinski definition) is 1. The maximum absolute atomic E-state index is 5.79. The summed E-state index contributed by atoms with van der Waals surface area (Å²) in [6.45, 7) is 0.576. The molecule has 0 aromatic carbocycles. The lowest BCUT2D eigenvalue weighted by Gasteiger charge is -1.88. The first kappa shape index (κ1) is 9.64. The van der Waals surface area contributed by atoms with Crippen LogP contribution in [0.2, 0.25) is 4.34 Å². The average Bonchev–Trinajstić information content (AvgIpc) is 2.74. The van der Waals surface area contributed by atoms with Gasteiger partial charge >= 0.3 is 0 Å². The van der Waals surface area contributed by atoms with Crippen LogP contribution in [0.5, 0.6) is 0 Å². The molecule has 6 heteroatoms. The highest BCUT2D eigenvalue weighted by molar-refractivity contribution is 7.19. The van der Waals surface area contributed by atoms with Crippen molar-refractivity contribution in [2.24, 2.45) is 0 Å². The molecule has 0 aliphatic carbocycles. The third-order valence-electron chi connectivity index (χ3n) is 1.58. The molecule has 0 radical (unpaired) electrons. The van der Waals surface area contributed by atoms with Gasteiger partial charge in [-0.05, 0) is 19.2 Å². The summed E-state index contributed by atoms with van der Waals surface area (Å²) in [5.74, 6) is 1.10. The van der Waals surface area contributed by atoms with Crippen LogP contribution in [-0.4, -0.2) is 17.2 Å². The minimum atomic E-state index is 0.521. The molecular formula is C8H8ClN3OS. The van der Waals surface area contributed by atoms with E-state index < -0.39 is 0 Å². The second kappa shape index (κ2) is 4.08. The first-order valence-electron chi connectivity index (χ1n) is 4.02. The standard InChI is InChI=1S/C8H8ClN3OS/c1-10-4-7-11-12-8(13-7)5-2-3-6(9)14-5/h2-3,10H,4H2,1H3. The summed E-state index contributed by atoms with van der Waals surface area (Å²) in [5.41, 5.74) is 0. The van der Waals surface area contributed by atoms with Gasteiger partial charge in [-0.3, -0.25) is 0 Å². The molecule has 2 aromatic rings. The molecule has 0 atom stereocenters. The maximum Gasteiger partial charge on any atom is 0.257 e. The van der Waals surface area contributed by atoms with Crippen LogP contribution < -0.4 is 5.32 Å². The Morgan fingerprint density at radius 1 is 1.50 bits per heavy atom. The van der Waals surface area contributed by atoms with Crippen LogP contribution in [0.15, 0.2) is 16.5 Å². The first-order valence-corrected chi connectivity index (χ1v) is 5.21. The zero-order valence-corrected chi connectivity index (χ0v) is 9.02. The van der Waals surface area contributed by atoms with Crippen LogP contribution in [0.1, 0.15) is 5.89 Å². The number of hydrogen-bond acceptors (Lipinski definition) is 5. The Bertz CT molecular complexity index is 426. The highest BCUT2D eigenvalue weighted by Crippen LogP contribution is 2.29. The summed E-state index contributed by atoms with van der Waals surface area (Å²) in [7, 11) is 1.83. The predicted molar refractivity (Wildman–Crippen MR) is 55.4 cm³/mol. The van der Waals surface area contributed by atoms with Crippen LogP contribution in [0.4, 0.5) is 0 Å². The molecule has 0 saturated carbocycles. The van der Waals surface area contributed by atoms with E-state index >= 15 is 0 Å². The number of thiophene rings is 1. The predicted octanol–water partition coefficient (Wildman–Crippen LogP) is 2.17.